The molecule has 4 aromatic rings. The molecular weight excluding hydrogens is 440 g/mol. The van der Waals surface area contributed by atoms with Gasteiger partial charge in [-0.2, -0.15) is 0 Å². The van der Waals surface area contributed by atoms with E-state index in [0.717, 1.165) is 5.56 Å². The number of hydrogen-bond acceptors (Lipinski definition) is 7. The third-order valence-corrected chi connectivity index (χ3v) is 6.42. The van der Waals surface area contributed by atoms with E-state index in [1.54, 1.807) is 38.5 Å². The first kappa shape index (κ1) is 22.3. The molecule has 33 heavy (non-hydrogen) atoms. The standard InChI is InChI=1S/C24H24N4O4S/c1-28(16-17-13-14-21(31-2)22(15-17)32-3)24-23(25-19-11-7-8-12-20(19)26-24)27-33(29,30)18-9-5-4-6-10-18/h4-15H,16H2,1-3H3,(H,25,27). The molecule has 0 aliphatic rings. The first-order valence-electron chi connectivity index (χ1n) is 10.2. The lowest BCUT2D eigenvalue weighted by Gasteiger charge is -2.22. The van der Waals surface area contributed by atoms with Gasteiger partial charge in [-0.15, -0.1) is 0 Å². The van der Waals surface area contributed by atoms with Crippen molar-refractivity contribution in [3.63, 3.8) is 0 Å². The number of fused-ring (bicyclic) bond motifs is 1. The number of methoxy groups -OCH3 is 2. The topological polar surface area (TPSA) is 93.6 Å². The van der Waals surface area contributed by atoms with Gasteiger partial charge in [0.05, 0.1) is 30.1 Å². The molecule has 0 atom stereocenters. The Hall–Kier alpha value is -3.85. The van der Waals surface area contributed by atoms with Gasteiger partial charge < -0.3 is 14.4 Å². The molecule has 1 aromatic heterocycles. The zero-order valence-corrected chi connectivity index (χ0v) is 19.3. The summed E-state index contributed by atoms with van der Waals surface area (Å²) in [5.41, 5.74) is 2.18. The third kappa shape index (κ3) is 4.83. The van der Waals surface area contributed by atoms with Gasteiger partial charge in [-0.3, -0.25) is 4.72 Å². The van der Waals surface area contributed by atoms with E-state index in [4.69, 9.17) is 14.5 Å². The Labute approximate surface area is 192 Å². The van der Waals surface area contributed by atoms with Crippen LogP contribution < -0.4 is 19.1 Å². The highest BCUT2D eigenvalue weighted by Crippen LogP contribution is 2.31. The van der Waals surface area contributed by atoms with E-state index >= 15 is 0 Å². The summed E-state index contributed by atoms with van der Waals surface area (Å²) in [7, 11) is 1.15. The van der Waals surface area contributed by atoms with Crippen molar-refractivity contribution in [3.8, 4) is 11.5 Å². The number of benzene rings is 3. The van der Waals surface area contributed by atoms with Gasteiger partial charge in [-0.25, -0.2) is 18.4 Å². The Morgan fingerprint density at radius 3 is 2.15 bits per heavy atom. The van der Waals surface area contributed by atoms with Gasteiger partial charge in [0.2, 0.25) is 0 Å². The van der Waals surface area contributed by atoms with E-state index in [1.165, 1.54) is 12.1 Å². The molecule has 0 radical (unpaired) electrons. The van der Waals surface area contributed by atoms with E-state index in [-0.39, 0.29) is 10.7 Å². The lowest BCUT2D eigenvalue weighted by atomic mass is 10.2. The Balaban J connectivity index is 1.73. The summed E-state index contributed by atoms with van der Waals surface area (Å²) in [6, 6.07) is 21.1. The predicted molar refractivity (Wildman–Crippen MR) is 128 cm³/mol. The van der Waals surface area contributed by atoms with Gasteiger partial charge in [0.1, 0.15) is 0 Å². The monoisotopic (exact) mass is 464 g/mol. The van der Waals surface area contributed by atoms with E-state index in [9.17, 15) is 8.42 Å². The van der Waals surface area contributed by atoms with Crippen molar-refractivity contribution in [2.24, 2.45) is 0 Å². The van der Waals surface area contributed by atoms with Crippen LogP contribution in [0.3, 0.4) is 0 Å². The van der Waals surface area contributed by atoms with Crippen LogP contribution in [0.25, 0.3) is 11.0 Å². The first-order valence-corrected chi connectivity index (χ1v) is 11.7. The predicted octanol–water partition coefficient (Wildman–Crippen LogP) is 4.08. The van der Waals surface area contributed by atoms with Gasteiger partial charge in [-0.1, -0.05) is 36.4 Å². The average Bonchev–Trinajstić information content (AvgIpc) is 2.83. The normalized spacial score (nSPS) is 11.2. The highest BCUT2D eigenvalue weighted by molar-refractivity contribution is 7.92. The van der Waals surface area contributed by atoms with Crippen LogP contribution in [-0.2, 0) is 16.6 Å². The molecule has 0 bridgehead atoms. The number of hydrogen-bond donors (Lipinski definition) is 1. The summed E-state index contributed by atoms with van der Waals surface area (Å²) in [5.74, 6) is 1.80. The summed E-state index contributed by atoms with van der Waals surface area (Å²) in [4.78, 5) is 11.3. The van der Waals surface area contributed by atoms with Crippen LogP contribution in [0.1, 0.15) is 5.56 Å². The molecule has 1 N–H and O–H groups in total. The molecule has 0 amide bonds. The van der Waals surface area contributed by atoms with Crippen molar-refractivity contribution in [2.45, 2.75) is 11.4 Å². The first-order chi connectivity index (χ1) is 15.9. The van der Waals surface area contributed by atoms with Crippen LogP contribution in [0.4, 0.5) is 11.6 Å². The minimum atomic E-state index is -3.85. The number of rotatable bonds is 8. The van der Waals surface area contributed by atoms with Gasteiger partial charge >= 0.3 is 0 Å². The molecule has 1 heterocycles. The average molecular weight is 465 g/mol. The molecule has 170 valence electrons. The van der Waals surface area contributed by atoms with Crippen LogP contribution in [0.5, 0.6) is 11.5 Å². The van der Waals surface area contributed by atoms with Crippen LogP contribution in [0.15, 0.2) is 77.7 Å². The molecule has 8 nitrogen and oxygen atoms in total. The maximum atomic E-state index is 13.0. The van der Waals surface area contributed by atoms with Crippen LogP contribution in [0.2, 0.25) is 0 Å². The highest BCUT2D eigenvalue weighted by Gasteiger charge is 2.21. The summed E-state index contributed by atoms with van der Waals surface area (Å²) in [6.07, 6.45) is 0. The Morgan fingerprint density at radius 1 is 0.848 bits per heavy atom. The Kier molecular flexibility index (Phi) is 6.32. The fourth-order valence-corrected chi connectivity index (χ4v) is 4.46. The molecule has 0 aliphatic heterocycles. The number of para-hydroxylation sites is 2. The second kappa shape index (κ2) is 9.33. The smallest absolute Gasteiger partial charge is 0.263 e. The van der Waals surface area contributed by atoms with Crippen molar-refractivity contribution >= 4 is 32.7 Å². The van der Waals surface area contributed by atoms with Crippen LogP contribution in [-0.4, -0.2) is 39.7 Å². The van der Waals surface area contributed by atoms with Gasteiger partial charge in [-0.05, 0) is 42.0 Å². The number of anilines is 2. The second-order valence-corrected chi connectivity index (χ2v) is 9.03. The highest BCUT2D eigenvalue weighted by atomic mass is 32.2. The van der Waals surface area contributed by atoms with Gasteiger partial charge in [0.25, 0.3) is 10.0 Å². The quantitative estimate of drug-likeness (QED) is 0.420. The minimum absolute atomic E-state index is 0.147. The molecule has 3 aromatic carbocycles. The molecule has 4 rings (SSSR count). The fraction of sp³-hybridized carbons (Fsp3) is 0.167. The van der Waals surface area contributed by atoms with E-state index in [0.29, 0.717) is 34.9 Å². The minimum Gasteiger partial charge on any atom is -0.493 e. The van der Waals surface area contributed by atoms with E-state index in [1.807, 2.05) is 48.3 Å². The summed E-state index contributed by atoms with van der Waals surface area (Å²) in [6.45, 7) is 0.438. The number of sulfonamides is 1. The van der Waals surface area contributed by atoms with Crippen molar-refractivity contribution < 1.29 is 17.9 Å². The van der Waals surface area contributed by atoms with Crippen molar-refractivity contribution in [1.29, 1.82) is 0 Å². The summed E-state index contributed by atoms with van der Waals surface area (Å²) < 4.78 is 39.3. The van der Waals surface area contributed by atoms with Crippen molar-refractivity contribution in [3.05, 3.63) is 78.4 Å². The van der Waals surface area contributed by atoms with E-state index < -0.39 is 10.0 Å². The lowest BCUT2D eigenvalue weighted by molar-refractivity contribution is 0.354. The molecule has 0 unspecified atom stereocenters. The maximum Gasteiger partial charge on any atom is 0.263 e. The van der Waals surface area contributed by atoms with Gasteiger partial charge in [0, 0.05) is 13.6 Å². The maximum absolute atomic E-state index is 13.0. The lowest BCUT2D eigenvalue weighted by Crippen LogP contribution is -2.22. The second-order valence-electron chi connectivity index (χ2n) is 7.35. The Bertz CT molecular complexity index is 1380. The fourth-order valence-electron chi connectivity index (χ4n) is 3.44. The molecule has 0 saturated carbocycles. The molecule has 0 spiro atoms. The summed E-state index contributed by atoms with van der Waals surface area (Å²) in [5, 5.41) is 0. The largest absolute Gasteiger partial charge is 0.493 e. The molecule has 9 heteroatoms. The van der Waals surface area contributed by atoms with Crippen molar-refractivity contribution in [2.75, 3.05) is 30.9 Å². The number of aromatic nitrogens is 2. The van der Waals surface area contributed by atoms with Crippen LogP contribution in [0, 0.1) is 0 Å². The molecular formula is C24H24N4O4S. The zero-order chi connectivity index (χ0) is 23.4. The third-order valence-electron chi connectivity index (χ3n) is 5.07. The van der Waals surface area contributed by atoms with Crippen LogP contribution >= 0.6 is 0 Å². The molecule has 0 aliphatic carbocycles. The SMILES string of the molecule is COc1ccc(CN(C)c2nc3ccccc3nc2NS(=O)(=O)c2ccccc2)cc1OC. The molecule has 0 saturated heterocycles. The van der Waals surface area contributed by atoms with Crippen molar-refractivity contribution in [1.82, 2.24) is 9.97 Å². The molecule has 0 fully saturated rings. The Morgan fingerprint density at radius 2 is 1.48 bits per heavy atom. The number of ether oxygens (including phenoxy) is 2. The number of nitrogens with one attached hydrogen (secondary N) is 1. The summed E-state index contributed by atoms with van der Waals surface area (Å²) >= 11 is 0. The number of nitrogens with zero attached hydrogens (tertiary/aromatic N) is 3. The van der Waals surface area contributed by atoms with Gasteiger partial charge in [0.15, 0.2) is 23.1 Å². The van der Waals surface area contributed by atoms with E-state index in [2.05, 4.69) is 9.71 Å². The zero-order valence-electron chi connectivity index (χ0n) is 18.5.